The Hall–Kier alpha value is -4.02. The van der Waals surface area contributed by atoms with E-state index in [0.717, 1.165) is 22.5 Å². The first-order valence-electron chi connectivity index (χ1n) is 12.9. The van der Waals surface area contributed by atoms with Crippen LogP contribution in [-0.4, -0.2) is 9.97 Å². The van der Waals surface area contributed by atoms with E-state index in [0.29, 0.717) is 11.8 Å². The van der Waals surface area contributed by atoms with Crippen LogP contribution in [0.1, 0.15) is 36.8 Å². The quantitative estimate of drug-likeness (QED) is 0.235. The van der Waals surface area contributed by atoms with Gasteiger partial charge in [0, 0.05) is 33.5 Å². The first-order valence-corrected chi connectivity index (χ1v) is 13.7. The topological polar surface area (TPSA) is 35.0 Å². The molecule has 4 heteroatoms. The van der Waals surface area contributed by atoms with Gasteiger partial charge in [-0.3, -0.25) is 0 Å². The van der Waals surface area contributed by atoms with E-state index in [2.05, 4.69) is 101 Å². The Morgan fingerprint density at radius 3 is 2.16 bits per heavy atom. The molecule has 0 aliphatic heterocycles. The molecule has 188 valence electrons. The first kappa shape index (κ1) is 24.3. The second-order valence-corrected chi connectivity index (χ2v) is 12.1. The standard InChI is InChI=1S/C34H30N2OS/c1-21-22(2)38-33-28(21)20-31(36-32(33)26-16-15-23-11-9-10-14-25(23)17-26)37-30-19-27(34(3,4)5)18-29(35-30)24-12-7-6-8-13-24/h6-20H,1-5H3. The van der Waals surface area contributed by atoms with Gasteiger partial charge in [0.25, 0.3) is 0 Å². The van der Waals surface area contributed by atoms with Crippen LogP contribution in [0.4, 0.5) is 0 Å². The number of benzene rings is 3. The van der Waals surface area contributed by atoms with Crippen molar-refractivity contribution in [3.05, 3.63) is 107 Å². The van der Waals surface area contributed by atoms with E-state index < -0.39 is 0 Å². The lowest BCUT2D eigenvalue weighted by Gasteiger charge is -2.21. The summed E-state index contributed by atoms with van der Waals surface area (Å²) in [5.41, 5.74) is 6.36. The zero-order valence-electron chi connectivity index (χ0n) is 22.4. The highest BCUT2D eigenvalue weighted by molar-refractivity contribution is 7.19. The van der Waals surface area contributed by atoms with E-state index in [4.69, 9.17) is 14.7 Å². The molecule has 0 aliphatic rings. The Morgan fingerprint density at radius 1 is 0.684 bits per heavy atom. The molecule has 6 rings (SSSR count). The summed E-state index contributed by atoms with van der Waals surface area (Å²) in [4.78, 5) is 11.3. The number of pyridine rings is 2. The Labute approximate surface area is 227 Å². The molecule has 0 saturated carbocycles. The maximum absolute atomic E-state index is 6.48. The maximum Gasteiger partial charge on any atom is 0.222 e. The summed E-state index contributed by atoms with van der Waals surface area (Å²) in [6, 6.07) is 31.5. The van der Waals surface area contributed by atoms with Gasteiger partial charge in [-0.2, -0.15) is 0 Å². The van der Waals surface area contributed by atoms with Crippen LogP contribution in [0, 0.1) is 13.8 Å². The van der Waals surface area contributed by atoms with Crippen LogP contribution >= 0.6 is 11.3 Å². The van der Waals surface area contributed by atoms with Crippen LogP contribution in [0.15, 0.2) is 91.0 Å². The highest BCUT2D eigenvalue weighted by atomic mass is 32.1. The van der Waals surface area contributed by atoms with Gasteiger partial charge < -0.3 is 4.74 Å². The lowest BCUT2D eigenvalue weighted by atomic mass is 9.87. The highest BCUT2D eigenvalue weighted by Gasteiger charge is 2.20. The third kappa shape index (κ3) is 4.57. The summed E-state index contributed by atoms with van der Waals surface area (Å²) in [5.74, 6) is 1.11. The molecule has 6 aromatic rings. The van der Waals surface area contributed by atoms with Crippen LogP contribution in [0.2, 0.25) is 0 Å². The lowest BCUT2D eigenvalue weighted by molar-refractivity contribution is 0.443. The SMILES string of the molecule is Cc1sc2c(-c3ccc4ccccc4c3)nc(Oc3cc(C(C)(C)C)cc(-c4ccccc4)n3)cc2c1C. The Balaban J connectivity index is 1.50. The van der Waals surface area contributed by atoms with Gasteiger partial charge in [0.15, 0.2) is 0 Å². The fourth-order valence-electron chi connectivity index (χ4n) is 4.75. The molecule has 0 bridgehead atoms. The average Bonchev–Trinajstić information content (AvgIpc) is 3.21. The number of ether oxygens (including phenoxy) is 1. The summed E-state index contributed by atoms with van der Waals surface area (Å²) < 4.78 is 7.67. The molecule has 0 radical (unpaired) electrons. The van der Waals surface area contributed by atoms with E-state index in [1.807, 2.05) is 24.3 Å². The molecule has 3 aromatic carbocycles. The van der Waals surface area contributed by atoms with Crippen molar-refractivity contribution in [2.45, 2.75) is 40.0 Å². The van der Waals surface area contributed by atoms with Crippen LogP contribution in [0.5, 0.6) is 11.8 Å². The molecule has 3 nitrogen and oxygen atoms in total. The fraction of sp³-hybridized carbons (Fsp3) is 0.176. The number of hydrogen-bond acceptors (Lipinski definition) is 4. The normalized spacial score (nSPS) is 11.8. The van der Waals surface area contributed by atoms with Crippen molar-refractivity contribution in [3.8, 4) is 34.3 Å². The molecular formula is C34H30N2OS. The fourth-order valence-corrected chi connectivity index (χ4v) is 5.90. The zero-order chi connectivity index (χ0) is 26.4. The second kappa shape index (κ2) is 9.38. The van der Waals surface area contributed by atoms with E-state index in [1.54, 1.807) is 11.3 Å². The largest absolute Gasteiger partial charge is 0.421 e. The first-order chi connectivity index (χ1) is 18.3. The zero-order valence-corrected chi connectivity index (χ0v) is 23.2. The number of aromatic nitrogens is 2. The van der Waals surface area contributed by atoms with Crippen LogP contribution in [0.25, 0.3) is 43.4 Å². The van der Waals surface area contributed by atoms with Crippen molar-refractivity contribution in [3.63, 3.8) is 0 Å². The van der Waals surface area contributed by atoms with Crippen molar-refractivity contribution >= 4 is 32.2 Å². The Morgan fingerprint density at radius 2 is 1.39 bits per heavy atom. The van der Waals surface area contributed by atoms with Crippen LogP contribution < -0.4 is 4.74 Å². The summed E-state index contributed by atoms with van der Waals surface area (Å²) in [6.07, 6.45) is 0. The molecule has 0 N–H and O–H groups in total. The van der Waals surface area contributed by atoms with E-state index in [-0.39, 0.29) is 5.41 Å². The Bertz CT molecular complexity index is 1800. The van der Waals surface area contributed by atoms with Crippen molar-refractivity contribution < 1.29 is 4.74 Å². The number of aryl methyl sites for hydroxylation is 2. The van der Waals surface area contributed by atoms with Crippen molar-refractivity contribution in [1.82, 2.24) is 9.97 Å². The molecule has 0 amide bonds. The van der Waals surface area contributed by atoms with E-state index in [9.17, 15) is 0 Å². The Kier molecular flexibility index (Phi) is 6.00. The van der Waals surface area contributed by atoms with Gasteiger partial charge in [0.05, 0.1) is 16.1 Å². The van der Waals surface area contributed by atoms with Crippen LogP contribution in [-0.2, 0) is 5.41 Å². The van der Waals surface area contributed by atoms with Gasteiger partial charge in [-0.05, 0) is 53.3 Å². The second-order valence-electron chi connectivity index (χ2n) is 10.8. The number of nitrogens with zero attached hydrogens (tertiary/aromatic N) is 2. The van der Waals surface area contributed by atoms with Gasteiger partial charge in [-0.1, -0.05) is 87.5 Å². The average molecular weight is 515 g/mol. The number of fused-ring (bicyclic) bond motifs is 2. The third-order valence-corrected chi connectivity index (χ3v) is 8.34. The summed E-state index contributed by atoms with van der Waals surface area (Å²) in [5, 5.41) is 3.59. The molecule has 0 saturated heterocycles. The van der Waals surface area contributed by atoms with Crippen molar-refractivity contribution in [1.29, 1.82) is 0 Å². The minimum absolute atomic E-state index is 0.0563. The highest BCUT2D eigenvalue weighted by Crippen LogP contribution is 2.40. The molecule has 0 aliphatic carbocycles. The predicted molar refractivity (Wildman–Crippen MR) is 160 cm³/mol. The smallest absolute Gasteiger partial charge is 0.222 e. The van der Waals surface area contributed by atoms with Crippen molar-refractivity contribution in [2.75, 3.05) is 0 Å². The van der Waals surface area contributed by atoms with Gasteiger partial charge >= 0.3 is 0 Å². The molecule has 3 heterocycles. The predicted octanol–water partition coefficient (Wildman–Crippen LogP) is 9.89. The third-order valence-electron chi connectivity index (χ3n) is 7.11. The molecule has 0 spiro atoms. The van der Waals surface area contributed by atoms with Gasteiger partial charge in [0.1, 0.15) is 0 Å². The van der Waals surface area contributed by atoms with E-state index in [1.165, 1.54) is 36.9 Å². The monoisotopic (exact) mass is 514 g/mol. The number of hydrogen-bond donors (Lipinski definition) is 0. The molecule has 0 unspecified atom stereocenters. The van der Waals surface area contributed by atoms with E-state index >= 15 is 0 Å². The summed E-state index contributed by atoms with van der Waals surface area (Å²) >= 11 is 1.79. The van der Waals surface area contributed by atoms with Gasteiger partial charge in [-0.15, -0.1) is 11.3 Å². The molecule has 0 fully saturated rings. The molecule has 0 atom stereocenters. The lowest BCUT2D eigenvalue weighted by Crippen LogP contribution is -2.12. The maximum atomic E-state index is 6.48. The number of rotatable bonds is 4. The van der Waals surface area contributed by atoms with Crippen molar-refractivity contribution in [2.24, 2.45) is 0 Å². The summed E-state index contributed by atoms with van der Waals surface area (Å²) in [7, 11) is 0. The van der Waals surface area contributed by atoms with Crippen LogP contribution in [0.3, 0.4) is 0 Å². The molecule has 38 heavy (non-hydrogen) atoms. The minimum Gasteiger partial charge on any atom is -0.421 e. The molecular weight excluding hydrogens is 484 g/mol. The summed E-state index contributed by atoms with van der Waals surface area (Å²) in [6.45, 7) is 11.0. The number of thiophene rings is 1. The molecule has 3 aromatic heterocycles. The van der Waals surface area contributed by atoms with Gasteiger partial charge in [0.2, 0.25) is 11.8 Å². The minimum atomic E-state index is -0.0563. The van der Waals surface area contributed by atoms with Gasteiger partial charge in [-0.25, -0.2) is 9.97 Å².